The molecule has 1 unspecified atom stereocenters. The van der Waals surface area contributed by atoms with Crippen molar-refractivity contribution in [2.45, 2.75) is 58.4 Å². The molecule has 0 aliphatic heterocycles. The minimum Gasteiger partial charge on any atom is -0.271 e. The number of hydrazine groups is 1. The summed E-state index contributed by atoms with van der Waals surface area (Å²) in [6, 6.07) is 6.59. The van der Waals surface area contributed by atoms with Crippen LogP contribution in [0.4, 0.5) is 0 Å². The van der Waals surface area contributed by atoms with Gasteiger partial charge in [-0.05, 0) is 30.5 Å². The molecule has 2 nitrogen and oxygen atoms in total. The maximum absolute atomic E-state index is 5.70. The minimum atomic E-state index is 0.268. The first kappa shape index (κ1) is 15.7. The molecule has 18 heavy (non-hydrogen) atoms. The van der Waals surface area contributed by atoms with E-state index in [0.717, 1.165) is 10.9 Å². The highest BCUT2D eigenvalue weighted by Crippen LogP contribution is 2.27. The molecule has 0 heterocycles. The van der Waals surface area contributed by atoms with Crippen molar-refractivity contribution in [1.82, 2.24) is 5.43 Å². The summed E-state index contributed by atoms with van der Waals surface area (Å²) in [7, 11) is 0. The molecular formula is C15H25BrN2. The van der Waals surface area contributed by atoms with E-state index in [0.29, 0.717) is 0 Å². The first-order valence-electron chi connectivity index (χ1n) is 6.91. The molecule has 0 saturated carbocycles. The van der Waals surface area contributed by atoms with Gasteiger partial charge in [0, 0.05) is 10.5 Å². The Morgan fingerprint density at radius 3 is 2.61 bits per heavy atom. The Hall–Kier alpha value is -0.380. The summed E-state index contributed by atoms with van der Waals surface area (Å²) in [5.74, 6) is 5.70. The van der Waals surface area contributed by atoms with E-state index in [2.05, 4.69) is 53.4 Å². The molecule has 0 aliphatic carbocycles. The Labute approximate surface area is 119 Å². The number of hydrogen-bond donors (Lipinski definition) is 2. The van der Waals surface area contributed by atoms with Gasteiger partial charge >= 0.3 is 0 Å². The van der Waals surface area contributed by atoms with Crippen molar-refractivity contribution < 1.29 is 0 Å². The van der Waals surface area contributed by atoms with Crippen LogP contribution in [-0.4, -0.2) is 0 Å². The van der Waals surface area contributed by atoms with Crippen molar-refractivity contribution in [2.75, 3.05) is 0 Å². The lowest BCUT2D eigenvalue weighted by atomic mass is 9.96. The molecule has 1 aromatic carbocycles. The van der Waals surface area contributed by atoms with Gasteiger partial charge in [0.2, 0.25) is 0 Å². The second-order valence-electron chi connectivity index (χ2n) is 4.88. The van der Waals surface area contributed by atoms with Gasteiger partial charge in [-0.1, -0.05) is 67.1 Å². The Morgan fingerprint density at radius 2 is 1.94 bits per heavy atom. The van der Waals surface area contributed by atoms with Gasteiger partial charge in [-0.25, -0.2) is 0 Å². The number of nitrogens with one attached hydrogen (secondary N) is 1. The van der Waals surface area contributed by atoms with Gasteiger partial charge in [-0.15, -0.1) is 0 Å². The van der Waals surface area contributed by atoms with E-state index in [4.69, 9.17) is 5.84 Å². The lowest BCUT2D eigenvalue weighted by Gasteiger charge is -2.19. The fourth-order valence-corrected chi connectivity index (χ4v) is 2.66. The van der Waals surface area contributed by atoms with Gasteiger partial charge in [0.25, 0.3) is 0 Å². The molecule has 0 radical (unpaired) electrons. The number of hydrogen-bond acceptors (Lipinski definition) is 2. The summed E-state index contributed by atoms with van der Waals surface area (Å²) in [6.07, 6.45) is 7.63. The molecule has 102 valence electrons. The number of benzene rings is 1. The second-order valence-corrected chi connectivity index (χ2v) is 5.73. The van der Waals surface area contributed by atoms with Crippen LogP contribution in [0.1, 0.15) is 62.6 Å². The van der Waals surface area contributed by atoms with Gasteiger partial charge in [0.1, 0.15) is 0 Å². The first-order chi connectivity index (χ1) is 8.70. The van der Waals surface area contributed by atoms with E-state index in [1.165, 1.54) is 43.2 Å². The van der Waals surface area contributed by atoms with E-state index in [-0.39, 0.29) is 6.04 Å². The smallest absolute Gasteiger partial charge is 0.0463 e. The first-order valence-corrected chi connectivity index (χ1v) is 7.71. The fourth-order valence-electron chi connectivity index (χ4n) is 2.28. The highest BCUT2D eigenvalue weighted by Gasteiger charge is 2.12. The van der Waals surface area contributed by atoms with Crippen LogP contribution in [0.3, 0.4) is 0 Å². The molecule has 1 rings (SSSR count). The lowest BCUT2D eigenvalue weighted by Crippen LogP contribution is -2.28. The fraction of sp³-hybridized carbons (Fsp3) is 0.600. The predicted octanol–water partition coefficient (Wildman–Crippen LogP) is 4.62. The largest absolute Gasteiger partial charge is 0.271 e. The van der Waals surface area contributed by atoms with Gasteiger partial charge in [-0.2, -0.15) is 0 Å². The summed E-state index contributed by atoms with van der Waals surface area (Å²) < 4.78 is 1.16. The highest BCUT2D eigenvalue weighted by atomic mass is 79.9. The Morgan fingerprint density at radius 1 is 1.22 bits per heavy atom. The van der Waals surface area contributed by atoms with Crippen molar-refractivity contribution >= 4 is 15.9 Å². The Balaban J connectivity index is 2.52. The van der Waals surface area contributed by atoms with Gasteiger partial charge in [0.15, 0.2) is 0 Å². The third-order valence-corrected chi connectivity index (χ3v) is 4.34. The number of halogens is 1. The van der Waals surface area contributed by atoms with Crippen LogP contribution in [0.2, 0.25) is 0 Å². The molecule has 0 spiro atoms. The lowest BCUT2D eigenvalue weighted by molar-refractivity contribution is 0.477. The van der Waals surface area contributed by atoms with Crippen LogP contribution in [0.5, 0.6) is 0 Å². The number of rotatable bonds is 8. The van der Waals surface area contributed by atoms with Gasteiger partial charge in [-0.3, -0.25) is 11.3 Å². The molecular weight excluding hydrogens is 288 g/mol. The van der Waals surface area contributed by atoms with Crippen LogP contribution < -0.4 is 11.3 Å². The zero-order chi connectivity index (χ0) is 13.4. The van der Waals surface area contributed by atoms with Crippen molar-refractivity contribution in [3.63, 3.8) is 0 Å². The molecule has 3 N–H and O–H groups in total. The normalized spacial score (nSPS) is 12.7. The second kappa shape index (κ2) is 8.68. The van der Waals surface area contributed by atoms with E-state index in [1.54, 1.807) is 0 Å². The predicted molar refractivity (Wildman–Crippen MR) is 82.3 cm³/mol. The molecule has 0 aliphatic rings. The topological polar surface area (TPSA) is 38.0 Å². The molecule has 1 aromatic rings. The van der Waals surface area contributed by atoms with E-state index < -0.39 is 0 Å². The van der Waals surface area contributed by atoms with E-state index in [9.17, 15) is 0 Å². The average molecular weight is 313 g/mol. The van der Waals surface area contributed by atoms with Crippen LogP contribution >= 0.6 is 15.9 Å². The quantitative estimate of drug-likeness (QED) is 0.417. The van der Waals surface area contributed by atoms with Crippen LogP contribution in [0, 0.1) is 6.92 Å². The molecule has 0 aromatic heterocycles. The SMILES string of the molecule is CCCCCCCC(NN)c1cccc(Br)c1C. The van der Waals surface area contributed by atoms with Crippen molar-refractivity contribution in [2.24, 2.45) is 5.84 Å². The van der Waals surface area contributed by atoms with Crippen molar-refractivity contribution in [3.8, 4) is 0 Å². The maximum atomic E-state index is 5.70. The summed E-state index contributed by atoms with van der Waals surface area (Å²) in [6.45, 7) is 4.38. The average Bonchev–Trinajstić information content (AvgIpc) is 2.38. The third-order valence-electron chi connectivity index (χ3n) is 3.48. The summed E-state index contributed by atoms with van der Waals surface area (Å²) >= 11 is 3.58. The highest BCUT2D eigenvalue weighted by molar-refractivity contribution is 9.10. The molecule has 0 amide bonds. The van der Waals surface area contributed by atoms with E-state index in [1.807, 2.05) is 0 Å². The van der Waals surface area contributed by atoms with Crippen molar-refractivity contribution in [3.05, 3.63) is 33.8 Å². The maximum Gasteiger partial charge on any atom is 0.0463 e. The van der Waals surface area contributed by atoms with Crippen molar-refractivity contribution in [1.29, 1.82) is 0 Å². The molecule has 0 fully saturated rings. The molecule has 3 heteroatoms. The molecule has 1 atom stereocenters. The summed E-state index contributed by atoms with van der Waals surface area (Å²) in [4.78, 5) is 0. The number of nitrogens with two attached hydrogens (primary N) is 1. The number of unbranched alkanes of at least 4 members (excludes halogenated alkanes) is 4. The van der Waals surface area contributed by atoms with Crippen LogP contribution in [0.15, 0.2) is 22.7 Å². The summed E-state index contributed by atoms with van der Waals surface area (Å²) in [5.41, 5.74) is 5.55. The van der Waals surface area contributed by atoms with Gasteiger partial charge in [0.05, 0.1) is 0 Å². The monoisotopic (exact) mass is 312 g/mol. The summed E-state index contributed by atoms with van der Waals surface area (Å²) in [5, 5.41) is 0. The zero-order valence-corrected chi connectivity index (χ0v) is 13.1. The Bertz CT molecular complexity index is 352. The van der Waals surface area contributed by atoms with E-state index >= 15 is 0 Å². The minimum absolute atomic E-state index is 0.268. The van der Waals surface area contributed by atoms with Crippen LogP contribution in [-0.2, 0) is 0 Å². The molecule has 0 saturated heterocycles. The molecule has 0 bridgehead atoms. The Kier molecular flexibility index (Phi) is 7.56. The third kappa shape index (κ3) is 4.71. The zero-order valence-electron chi connectivity index (χ0n) is 11.5. The van der Waals surface area contributed by atoms with Crippen LogP contribution in [0.25, 0.3) is 0 Å². The van der Waals surface area contributed by atoms with Gasteiger partial charge < -0.3 is 0 Å². The standard InChI is InChI=1S/C15H25BrN2/c1-3-4-5-6-7-11-15(18-17)13-9-8-10-14(16)12(13)2/h8-10,15,18H,3-7,11,17H2,1-2H3.